The summed E-state index contributed by atoms with van der Waals surface area (Å²) in [6, 6.07) is 5.56. The summed E-state index contributed by atoms with van der Waals surface area (Å²) >= 11 is 0. The van der Waals surface area contributed by atoms with Gasteiger partial charge in [-0.1, -0.05) is 13.8 Å². The van der Waals surface area contributed by atoms with E-state index in [1.54, 1.807) is 0 Å². The molecule has 3 atom stereocenters. The standard InChI is InChI=1S/C18H31N3/c1-14(2)16-5-6-17(19-3)18(13-16)21(4)12-9-15-7-10-20-11-8-15/h7-8,10-11,14,16-19H,5-6,9,12-13H2,1-4H3. The topological polar surface area (TPSA) is 28.2 Å². The van der Waals surface area contributed by atoms with E-state index < -0.39 is 0 Å². The van der Waals surface area contributed by atoms with Gasteiger partial charge in [-0.3, -0.25) is 4.98 Å². The van der Waals surface area contributed by atoms with Crippen molar-refractivity contribution in [1.29, 1.82) is 0 Å². The Balaban J connectivity index is 1.92. The normalized spacial score (nSPS) is 26.5. The molecule has 1 fully saturated rings. The summed E-state index contributed by atoms with van der Waals surface area (Å²) < 4.78 is 0. The lowest BCUT2D eigenvalue weighted by Gasteiger charge is -2.42. The molecule has 3 heteroatoms. The molecule has 0 bridgehead atoms. The Morgan fingerprint density at radius 1 is 1.29 bits per heavy atom. The van der Waals surface area contributed by atoms with Crippen molar-refractivity contribution in [3.8, 4) is 0 Å². The smallest absolute Gasteiger partial charge is 0.0270 e. The van der Waals surface area contributed by atoms with Crippen molar-refractivity contribution in [2.75, 3.05) is 20.6 Å². The van der Waals surface area contributed by atoms with Crippen molar-refractivity contribution in [3.63, 3.8) is 0 Å². The van der Waals surface area contributed by atoms with Crippen LogP contribution in [0.5, 0.6) is 0 Å². The molecule has 0 amide bonds. The van der Waals surface area contributed by atoms with E-state index in [0.717, 1.165) is 24.8 Å². The van der Waals surface area contributed by atoms with Gasteiger partial charge in [-0.05, 0) is 69.3 Å². The van der Waals surface area contributed by atoms with Crippen LogP contribution in [0.2, 0.25) is 0 Å². The summed E-state index contributed by atoms with van der Waals surface area (Å²) in [5.74, 6) is 1.68. The van der Waals surface area contributed by atoms with Gasteiger partial charge in [0.15, 0.2) is 0 Å². The predicted octanol–water partition coefficient (Wildman–Crippen LogP) is 2.97. The van der Waals surface area contributed by atoms with E-state index in [1.165, 1.54) is 24.8 Å². The zero-order chi connectivity index (χ0) is 15.2. The molecule has 1 aromatic heterocycles. The van der Waals surface area contributed by atoms with Crippen LogP contribution in [-0.4, -0.2) is 42.6 Å². The summed E-state index contributed by atoms with van der Waals surface area (Å²) in [6.07, 6.45) is 8.90. The van der Waals surface area contributed by atoms with Gasteiger partial charge in [0.1, 0.15) is 0 Å². The van der Waals surface area contributed by atoms with Crippen molar-refractivity contribution in [2.24, 2.45) is 11.8 Å². The highest BCUT2D eigenvalue weighted by molar-refractivity contribution is 5.10. The van der Waals surface area contributed by atoms with Gasteiger partial charge in [0.25, 0.3) is 0 Å². The molecule has 0 radical (unpaired) electrons. The minimum absolute atomic E-state index is 0.641. The fourth-order valence-electron chi connectivity index (χ4n) is 3.63. The molecule has 2 rings (SSSR count). The summed E-state index contributed by atoms with van der Waals surface area (Å²) in [4.78, 5) is 6.66. The number of nitrogens with zero attached hydrogens (tertiary/aromatic N) is 2. The fourth-order valence-corrected chi connectivity index (χ4v) is 3.63. The maximum atomic E-state index is 4.09. The Hall–Kier alpha value is -0.930. The molecule has 1 aromatic rings. The Morgan fingerprint density at radius 2 is 2.00 bits per heavy atom. The van der Waals surface area contributed by atoms with Gasteiger partial charge in [-0.2, -0.15) is 0 Å². The van der Waals surface area contributed by atoms with Gasteiger partial charge in [0, 0.05) is 31.0 Å². The number of aromatic nitrogens is 1. The summed E-state index contributed by atoms with van der Waals surface area (Å²) in [6.45, 7) is 5.87. The van der Waals surface area contributed by atoms with Crippen LogP contribution in [0.3, 0.4) is 0 Å². The van der Waals surface area contributed by atoms with Crippen molar-refractivity contribution in [1.82, 2.24) is 15.2 Å². The Morgan fingerprint density at radius 3 is 2.62 bits per heavy atom. The number of hydrogen-bond donors (Lipinski definition) is 1. The van der Waals surface area contributed by atoms with Crippen LogP contribution in [0.4, 0.5) is 0 Å². The molecule has 1 saturated carbocycles. The lowest BCUT2D eigenvalue weighted by molar-refractivity contribution is 0.106. The SMILES string of the molecule is CNC1CCC(C(C)C)CC1N(C)CCc1ccncc1. The third kappa shape index (κ3) is 4.52. The molecular weight excluding hydrogens is 258 g/mol. The first-order valence-corrected chi connectivity index (χ1v) is 8.38. The zero-order valence-corrected chi connectivity index (χ0v) is 14.0. The van der Waals surface area contributed by atoms with Crippen LogP contribution in [0.1, 0.15) is 38.7 Å². The van der Waals surface area contributed by atoms with Crippen LogP contribution >= 0.6 is 0 Å². The quantitative estimate of drug-likeness (QED) is 0.872. The van der Waals surface area contributed by atoms with Gasteiger partial charge >= 0.3 is 0 Å². The minimum Gasteiger partial charge on any atom is -0.315 e. The van der Waals surface area contributed by atoms with E-state index in [0.29, 0.717) is 12.1 Å². The molecule has 1 aliphatic rings. The van der Waals surface area contributed by atoms with Crippen molar-refractivity contribution in [2.45, 2.75) is 51.6 Å². The number of nitrogens with one attached hydrogen (secondary N) is 1. The lowest BCUT2D eigenvalue weighted by Crippen LogP contribution is -2.52. The molecule has 1 N–H and O–H groups in total. The van der Waals surface area contributed by atoms with Gasteiger partial charge in [-0.25, -0.2) is 0 Å². The van der Waals surface area contributed by atoms with E-state index in [1.807, 2.05) is 12.4 Å². The van der Waals surface area contributed by atoms with Crippen LogP contribution in [0.25, 0.3) is 0 Å². The highest BCUT2D eigenvalue weighted by atomic mass is 15.2. The average molecular weight is 289 g/mol. The van der Waals surface area contributed by atoms with Crippen molar-refractivity contribution >= 4 is 0 Å². The molecule has 3 nitrogen and oxygen atoms in total. The summed E-state index contributed by atoms with van der Waals surface area (Å²) in [7, 11) is 4.41. The largest absolute Gasteiger partial charge is 0.315 e. The molecule has 0 aliphatic heterocycles. The second-order valence-electron chi connectivity index (χ2n) is 6.87. The average Bonchev–Trinajstić information content (AvgIpc) is 2.52. The van der Waals surface area contributed by atoms with Crippen molar-refractivity contribution < 1.29 is 0 Å². The summed E-state index contributed by atoms with van der Waals surface area (Å²) in [5, 5.41) is 3.54. The Labute approximate surface area is 130 Å². The molecule has 21 heavy (non-hydrogen) atoms. The first kappa shape index (κ1) is 16.4. The maximum Gasteiger partial charge on any atom is 0.0270 e. The molecule has 0 spiro atoms. The Bertz CT molecular complexity index is 404. The van der Waals surface area contributed by atoms with Crippen LogP contribution in [0, 0.1) is 11.8 Å². The fraction of sp³-hybridized carbons (Fsp3) is 0.722. The highest BCUT2D eigenvalue weighted by Crippen LogP contribution is 2.32. The van der Waals surface area contributed by atoms with Crippen molar-refractivity contribution in [3.05, 3.63) is 30.1 Å². The first-order valence-electron chi connectivity index (χ1n) is 8.38. The number of rotatable bonds is 6. The number of pyridine rings is 1. The number of likely N-dealkylation sites (N-methyl/N-ethyl adjacent to an activating group) is 2. The van der Waals surface area contributed by atoms with E-state index in [2.05, 4.69) is 55.3 Å². The lowest BCUT2D eigenvalue weighted by atomic mass is 9.76. The third-order valence-electron chi connectivity index (χ3n) is 5.24. The van der Waals surface area contributed by atoms with E-state index in [9.17, 15) is 0 Å². The van der Waals surface area contributed by atoms with Gasteiger partial charge in [0.2, 0.25) is 0 Å². The number of hydrogen-bond acceptors (Lipinski definition) is 3. The Kier molecular flexibility index (Phi) is 6.19. The van der Waals surface area contributed by atoms with Gasteiger partial charge in [0.05, 0.1) is 0 Å². The molecule has 0 aromatic carbocycles. The van der Waals surface area contributed by atoms with Crippen LogP contribution in [-0.2, 0) is 6.42 Å². The van der Waals surface area contributed by atoms with Gasteiger partial charge < -0.3 is 10.2 Å². The second-order valence-corrected chi connectivity index (χ2v) is 6.87. The van der Waals surface area contributed by atoms with E-state index in [-0.39, 0.29) is 0 Å². The predicted molar refractivity (Wildman–Crippen MR) is 89.4 cm³/mol. The third-order valence-corrected chi connectivity index (χ3v) is 5.24. The highest BCUT2D eigenvalue weighted by Gasteiger charge is 2.33. The molecule has 1 aliphatic carbocycles. The maximum absolute atomic E-state index is 4.09. The molecule has 1 heterocycles. The van der Waals surface area contributed by atoms with Crippen LogP contribution in [0.15, 0.2) is 24.5 Å². The van der Waals surface area contributed by atoms with E-state index in [4.69, 9.17) is 0 Å². The molecule has 118 valence electrons. The van der Waals surface area contributed by atoms with Crippen LogP contribution < -0.4 is 5.32 Å². The molecule has 3 unspecified atom stereocenters. The second kappa shape index (κ2) is 7.90. The summed E-state index contributed by atoms with van der Waals surface area (Å²) in [5.41, 5.74) is 1.38. The van der Waals surface area contributed by atoms with Gasteiger partial charge in [-0.15, -0.1) is 0 Å². The minimum atomic E-state index is 0.641. The monoisotopic (exact) mass is 289 g/mol. The molecule has 0 saturated heterocycles. The molecular formula is C18H31N3. The van der Waals surface area contributed by atoms with E-state index >= 15 is 0 Å². The first-order chi connectivity index (χ1) is 10.1. The zero-order valence-electron chi connectivity index (χ0n) is 14.0.